The monoisotopic (exact) mass is 288 g/mol. The predicted octanol–water partition coefficient (Wildman–Crippen LogP) is 1.50. The van der Waals surface area contributed by atoms with Gasteiger partial charge in [0.05, 0.1) is 25.6 Å². The minimum atomic E-state index is -0.798. The average molecular weight is 288 g/mol. The first-order valence-corrected chi connectivity index (χ1v) is 6.87. The molecule has 6 nitrogen and oxygen atoms in total. The molecule has 6 heteroatoms. The number of ketones is 1. The molecule has 0 aromatic heterocycles. The molecular formula is C14H24O6. The van der Waals surface area contributed by atoms with E-state index < -0.39 is 17.9 Å². The van der Waals surface area contributed by atoms with Crippen LogP contribution in [-0.4, -0.2) is 44.7 Å². The largest absolute Gasteiger partial charge is 0.466 e. The molecular weight excluding hydrogens is 264 g/mol. The lowest BCUT2D eigenvalue weighted by Crippen LogP contribution is -2.26. The highest BCUT2D eigenvalue weighted by atomic mass is 16.5. The van der Waals surface area contributed by atoms with E-state index >= 15 is 0 Å². The number of esters is 2. The van der Waals surface area contributed by atoms with E-state index in [2.05, 4.69) is 0 Å². The normalized spacial score (nSPS) is 11.8. The van der Waals surface area contributed by atoms with E-state index in [0.29, 0.717) is 19.4 Å². The second kappa shape index (κ2) is 11.4. The molecule has 0 bridgehead atoms. The van der Waals surface area contributed by atoms with Gasteiger partial charge >= 0.3 is 11.9 Å². The van der Waals surface area contributed by atoms with Gasteiger partial charge in [-0.3, -0.25) is 14.4 Å². The third kappa shape index (κ3) is 8.63. The number of ether oxygens (including phenoxy) is 3. The van der Waals surface area contributed by atoms with E-state index in [-0.39, 0.29) is 31.8 Å². The standard InChI is InChI=1S/C14H24O6/c1-4-6-19-13(16)9-11(8-12(15)10-18-3)14(17)20-7-5-2/h11H,4-10H2,1-3H3. The molecule has 0 aromatic rings. The smallest absolute Gasteiger partial charge is 0.309 e. The Labute approximate surface area is 119 Å². The van der Waals surface area contributed by atoms with Gasteiger partial charge in [-0.2, -0.15) is 0 Å². The maximum Gasteiger partial charge on any atom is 0.309 e. The van der Waals surface area contributed by atoms with Crippen molar-refractivity contribution in [3.8, 4) is 0 Å². The third-order valence-corrected chi connectivity index (χ3v) is 2.44. The molecule has 0 radical (unpaired) electrons. The third-order valence-electron chi connectivity index (χ3n) is 2.44. The van der Waals surface area contributed by atoms with Crippen LogP contribution in [0.4, 0.5) is 0 Å². The molecule has 1 atom stereocenters. The van der Waals surface area contributed by atoms with Gasteiger partial charge in [0.2, 0.25) is 0 Å². The molecule has 0 saturated heterocycles. The molecule has 0 saturated carbocycles. The second-order valence-electron chi connectivity index (χ2n) is 4.46. The summed E-state index contributed by atoms with van der Waals surface area (Å²) in [5.41, 5.74) is 0. The summed E-state index contributed by atoms with van der Waals surface area (Å²) in [5.74, 6) is -2.07. The van der Waals surface area contributed by atoms with Crippen LogP contribution in [0.2, 0.25) is 0 Å². The van der Waals surface area contributed by atoms with Crippen molar-refractivity contribution in [3.05, 3.63) is 0 Å². The van der Waals surface area contributed by atoms with Gasteiger partial charge in [-0.1, -0.05) is 13.8 Å². The maximum absolute atomic E-state index is 11.8. The molecule has 0 amide bonds. The number of carbonyl (C=O) groups is 3. The molecule has 116 valence electrons. The van der Waals surface area contributed by atoms with Crippen molar-refractivity contribution in [2.24, 2.45) is 5.92 Å². The Hall–Kier alpha value is -1.43. The van der Waals surface area contributed by atoms with Gasteiger partial charge in [0.1, 0.15) is 6.61 Å². The number of Topliss-reactive ketones (excluding diaryl/α,β-unsaturated/α-hetero) is 1. The zero-order chi connectivity index (χ0) is 15.4. The van der Waals surface area contributed by atoms with Crippen LogP contribution < -0.4 is 0 Å². The van der Waals surface area contributed by atoms with E-state index in [9.17, 15) is 14.4 Å². The SMILES string of the molecule is CCCOC(=O)CC(CC(=O)COC)C(=O)OCCC. The summed E-state index contributed by atoms with van der Waals surface area (Å²) in [4.78, 5) is 34.9. The van der Waals surface area contributed by atoms with Crippen molar-refractivity contribution >= 4 is 17.7 Å². The summed E-state index contributed by atoms with van der Waals surface area (Å²) in [6.07, 6.45) is 1.18. The maximum atomic E-state index is 11.8. The van der Waals surface area contributed by atoms with Crippen molar-refractivity contribution in [3.63, 3.8) is 0 Å². The molecule has 0 fully saturated rings. The van der Waals surface area contributed by atoms with Crippen LogP contribution in [0.1, 0.15) is 39.5 Å². The van der Waals surface area contributed by atoms with E-state index in [1.165, 1.54) is 7.11 Å². The summed E-state index contributed by atoms with van der Waals surface area (Å²) in [5, 5.41) is 0. The lowest BCUT2D eigenvalue weighted by molar-refractivity contribution is -0.156. The highest BCUT2D eigenvalue weighted by Crippen LogP contribution is 2.13. The van der Waals surface area contributed by atoms with Crippen molar-refractivity contribution in [2.45, 2.75) is 39.5 Å². The number of hydrogen-bond acceptors (Lipinski definition) is 6. The zero-order valence-corrected chi connectivity index (χ0v) is 12.5. The first kappa shape index (κ1) is 18.6. The Bertz CT molecular complexity index is 313. The molecule has 0 rings (SSSR count). The molecule has 0 aliphatic heterocycles. The van der Waals surface area contributed by atoms with Crippen LogP contribution in [0, 0.1) is 5.92 Å². The van der Waals surface area contributed by atoms with Crippen molar-refractivity contribution in [2.75, 3.05) is 26.9 Å². The Kier molecular flexibility index (Phi) is 10.6. The fourth-order valence-electron chi connectivity index (χ4n) is 1.53. The van der Waals surface area contributed by atoms with E-state index in [1.807, 2.05) is 13.8 Å². The Morgan fingerprint density at radius 3 is 2.10 bits per heavy atom. The van der Waals surface area contributed by atoms with Crippen LogP contribution in [-0.2, 0) is 28.6 Å². The summed E-state index contributed by atoms with van der Waals surface area (Å²) < 4.78 is 14.6. The molecule has 0 spiro atoms. The van der Waals surface area contributed by atoms with Gasteiger partial charge < -0.3 is 14.2 Å². The molecule has 20 heavy (non-hydrogen) atoms. The van der Waals surface area contributed by atoms with Crippen LogP contribution in [0.15, 0.2) is 0 Å². The van der Waals surface area contributed by atoms with Gasteiger partial charge in [-0.25, -0.2) is 0 Å². The molecule has 0 aromatic carbocycles. The van der Waals surface area contributed by atoms with Crippen LogP contribution >= 0.6 is 0 Å². The highest BCUT2D eigenvalue weighted by molar-refractivity contribution is 5.87. The number of carbonyl (C=O) groups excluding carboxylic acids is 3. The van der Waals surface area contributed by atoms with Gasteiger partial charge in [-0.05, 0) is 12.8 Å². The first-order chi connectivity index (χ1) is 9.54. The van der Waals surface area contributed by atoms with E-state index in [4.69, 9.17) is 14.2 Å². The first-order valence-electron chi connectivity index (χ1n) is 6.87. The lowest BCUT2D eigenvalue weighted by atomic mass is 9.99. The lowest BCUT2D eigenvalue weighted by Gasteiger charge is -2.14. The summed E-state index contributed by atoms with van der Waals surface area (Å²) in [7, 11) is 1.40. The molecule has 0 aliphatic carbocycles. The van der Waals surface area contributed by atoms with Crippen LogP contribution in [0.5, 0.6) is 0 Å². The molecule has 0 aliphatic rings. The average Bonchev–Trinajstić information content (AvgIpc) is 2.42. The Morgan fingerprint density at radius 1 is 0.950 bits per heavy atom. The van der Waals surface area contributed by atoms with Crippen molar-refractivity contribution < 1.29 is 28.6 Å². The summed E-state index contributed by atoms with van der Waals surface area (Å²) in [6, 6.07) is 0. The quantitative estimate of drug-likeness (QED) is 0.536. The van der Waals surface area contributed by atoms with E-state index in [0.717, 1.165) is 0 Å². The number of hydrogen-bond donors (Lipinski definition) is 0. The Balaban J connectivity index is 4.48. The van der Waals surface area contributed by atoms with E-state index in [1.54, 1.807) is 0 Å². The van der Waals surface area contributed by atoms with Crippen LogP contribution in [0.25, 0.3) is 0 Å². The molecule has 0 N–H and O–H groups in total. The zero-order valence-electron chi connectivity index (χ0n) is 12.5. The van der Waals surface area contributed by atoms with Crippen molar-refractivity contribution in [1.82, 2.24) is 0 Å². The van der Waals surface area contributed by atoms with Crippen LogP contribution in [0.3, 0.4) is 0 Å². The van der Waals surface area contributed by atoms with Gasteiger partial charge in [0.25, 0.3) is 0 Å². The highest BCUT2D eigenvalue weighted by Gasteiger charge is 2.26. The van der Waals surface area contributed by atoms with Gasteiger partial charge in [0.15, 0.2) is 5.78 Å². The molecule has 1 unspecified atom stereocenters. The number of methoxy groups -OCH3 is 1. The fourth-order valence-corrected chi connectivity index (χ4v) is 1.53. The fraction of sp³-hybridized carbons (Fsp3) is 0.786. The minimum absolute atomic E-state index is 0.0718. The number of rotatable bonds is 11. The topological polar surface area (TPSA) is 78.9 Å². The van der Waals surface area contributed by atoms with Crippen molar-refractivity contribution in [1.29, 1.82) is 0 Å². The summed E-state index contributed by atoms with van der Waals surface area (Å²) in [6.45, 7) is 4.25. The summed E-state index contributed by atoms with van der Waals surface area (Å²) >= 11 is 0. The predicted molar refractivity (Wildman–Crippen MR) is 72.1 cm³/mol. The second-order valence-corrected chi connectivity index (χ2v) is 4.46. The van der Waals surface area contributed by atoms with Gasteiger partial charge in [0, 0.05) is 13.5 Å². The van der Waals surface area contributed by atoms with Gasteiger partial charge in [-0.15, -0.1) is 0 Å². The molecule has 0 heterocycles. The minimum Gasteiger partial charge on any atom is -0.466 e. The Morgan fingerprint density at radius 2 is 1.55 bits per heavy atom.